The van der Waals surface area contributed by atoms with Crippen molar-refractivity contribution in [3.8, 4) is 0 Å². The smallest absolute Gasteiger partial charge is 0.303 e. The van der Waals surface area contributed by atoms with Gasteiger partial charge in [-0.3, -0.25) is 9.35 Å². The van der Waals surface area contributed by atoms with Crippen LogP contribution in [-0.2, 0) is 14.9 Å². The Bertz CT molecular complexity index is 622. The second-order valence-electron chi connectivity index (χ2n) is 6.91. The molecule has 1 aromatic carbocycles. The quantitative estimate of drug-likeness (QED) is 0.330. The van der Waals surface area contributed by atoms with Crippen LogP contribution in [0.15, 0.2) is 29.2 Å². The number of carboxylic acids is 1. The minimum Gasteiger partial charge on any atom is -0.481 e. The average molecular weight is 385 g/mol. The minimum atomic E-state index is -4.12. The van der Waals surface area contributed by atoms with Gasteiger partial charge in [0.05, 0.1) is 4.90 Å². The lowest BCUT2D eigenvalue weighted by Crippen LogP contribution is -2.01. The largest absolute Gasteiger partial charge is 0.481 e. The molecule has 0 bridgehead atoms. The average Bonchev–Trinajstić information content (AvgIpc) is 2.59. The maximum absolute atomic E-state index is 11.1. The standard InChI is InChI=1S/C20H32O5S/c1-2-17(18-13-15-19(16-14-18)26(23,24)25)11-9-7-5-3-4-6-8-10-12-20(21)22/h13-17H,2-12H2,1H3,(H,21,22)(H,23,24,25). The van der Waals surface area contributed by atoms with Crippen LogP contribution in [0.4, 0.5) is 0 Å². The van der Waals surface area contributed by atoms with Gasteiger partial charge in [-0.15, -0.1) is 0 Å². The number of carbonyl (C=O) groups is 1. The fraction of sp³-hybridized carbons (Fsp3) is 0.650. The van der Waals surface area contributed by atoms with Crippen molar-refractivity contribution >= 4 is 16.1 Å². The highest BCUT2D eigenvalue weighted by molar-refractivity contribution is 7.85. The molecular formula is C20H32O5S. The van der Waals surface area contributed by atoms with E-state index in [0.717, 1.165) is 44.1 Å². The molecule has 6 heteroatoms. The molecule has 1 unspecified atom stereocenters. The summed E-state index contributed by atoms with van der Waals surface area (Å²) in [4.78, 5) is 10.4. The van der Waals surface area contributed by atoms with E-state index in [1.165, 1.54) is 37.8 Å². The summed E-state index contributed by atoms with van der Waals surface area (Å²) in [6.45, 7) is 2.14. The zero-order valence-corrected chi connectivity index (χ0v) is 16.5. The summed E-state index contributed by atoms with van der Waals surface area (Å²) < 4.78 is 31.2. The van der Waals surface area contributed by atoms with Crippen molar-refractivity contribution in [2.45, 2.75) is 88.4 Å². The van der Waals surface area contributed by atoms with Crippen LogP contribution in [0.2, 0.25) is 0 Å². The fourth-order valence-corrected chi connectivity index (χ4v) is 3.73. The van der Waals surface area contributed by atoms with Gasteiger partial charge in [0, 0.05) is 6.42 Å². The van der Waals surface area contributed by atoms with Gasteiger partial charge in [0.15, 0.2) is 0 Å². The monoisotopic (exact) mass is 384 g/mol. The van der Waals surface area contributed by atoms with Crippen LogP contribution < -0.4 is 0 Å². The van der Waals surface area contributed by atoms with Gasteiger partial charge < -0.3 is 5.11 Å². The van der Waals surface area contributed by atoms with E-state index in [1.807, 2.05) is 0 Å². The summed E-state index contributed by atoms with van der Waals surface area (Å²) in [7, 11) is -4.12. The molecule has 1 rings (SSSR count). The van der Waals surface area contributed by atoms with Crippen LogP contribution in [0.5, 0.6) is 0 Å². The molecule has 1 atom stereocenters. The van der Waals surface area contributed by atoms with Crippen LogP contribution in [-0.4, -0.2) is 24.0 Å². The Labute approximate surface area is 157 Å². The zero-order valence-electron chi connectivity index (χ0n) is 15.7. The van der Waals surface area contributed by atoms with E-state index in [4.69, 9.17) is 9.66 Å². The summed E-state index contributed by atoms with van der Waals surface area (Å²) in [5, 5.41) is 8.57. The summed E-state index contributed by atoms with van der Waals surface area (Å²) in [5.74, 6) is -0.287. The molecule has 0 saturated heterocycles. The topological polar surface area (TPSA) is 91.7 Å². The van der Waals surface area contributed by atoms with Crippen molar-refractivity contribution in [3.05, 3.63) is 29.8 Å². The molecule has 0 spiro atoms. The molecule has 0 heterocycles. The molecule has 0 saturated carbocycles. The third kappa shape index (κ3) is 9.34. The second-order valence-corrected chi connectivity index (χ2v) is 8.33. The molecule has 2 N–H and O–H groups in total. The molecule has 0 aliphatic rings. The fourth-order valence-electron chi connectivity index (χ4n) is 3.25. The van der Waals surface area contributed by atoms with Gasteiger partial charge in [0.25, 0.3) is 10.1 Å². The molecule has 148 valence electrons. The van der Waals surface area contributed by atoms with Gasteiger partial charge in [0.1, 0.15) is 0 Å². The molecule has 0 aromatic heterocycles. The Morgan fingerprint density at radius 3 is 1.88 bits per heavy atom. The first-order chi connectivity index (χ1) is 12.3. The van der Waals surface area contributed by atoms with Gasteiger partial charge in [-0.1, -0.05) is 64.0 Å². The molecule has 5 nitrogen and oxygen atoms in total. The van der Waals surface area contributed by atoms with E-state index in [1.54, 1.807) is 12.1 Å². The predicted molar refractivity (Wildman–Crippen MR) is 103 cm³/mol. The number of hydrogen-bond acceptors (Lipinski definition) is 3. The van der Waals surface area contributed by atoms with Crippen LogP contribution in [0.25, 0.3) is 0 Å². The Balaban J connectivity index is 2.19. The highest BCUT2D eigenvalue weighted by Crippen LogP contribution is 2.27. The molecular weight excluding hydrogens is 352 g/mol. The Kier molecular flexibility index (Phi) is 10.5. The number of carboxylic acid groups (broad SMARTS) is 1. The molecule has 26 heavy (non-hydrogen) atoms. The van der Waals surface area contributed by atoms with Crippen molar-refractivity contribution in [1.82, 2.24) is 0 Å². The molecule has 1 aromatic rings. The number of aliphatic carboxylic acids is 1. The van der Waals surface area contributed by atoms with Crippen LogP contribution >= 0.6 is 0 Å². The molecule has 0 aliphatic heterocycles. The van der Waals surface area contributed by atoms with Crippen molar-refractivity contribution in [1.29, 1.82) is 0 Å². The number of hydrogen-bond donors (Lipinski definition) is 2. The van der Waals surface area contributed by atoms with Crippen LogP contribution in [0.3, 0.4) is 0 Å². The van der Waals surface area contributed by atoms with E-state index < -0.39 is 16.1 Å². The van der Waals surface area contributed by atoms with Gasteiger partial charge in [-0.25, -0.2) is 0 Å². The number of unbranched alkanes of at least 4 members (excludes halogenated alkanes) is 7. The maximum atomic E-state index is 11.1. The maximum Gasteiger partial charge on any atom is 0.303 e. The normalized spacial score (nSPS) is 12.8. The van der Waals surface area contributed by atoms with E-state index in [9.17, 15) is 13.2 Å². The summed E-state index contributed by atoms with van der Waals surface area (Å²) in [6, 6.07) is 6.54. The predicted octanol–water partition coefficient (Wildman–Crippen LogP) is 5.41. The SMILES string of the molecule is CCC(CCCCCCCCCCC(=O)O)c1ccc(S(=O)(=O)O)cc1. The first-order valence-corrected chi connectivity index (χ1v) is 11.1. The Morgan fingerprint density at radius 1 is 0.923 bits per heavy atom. The van der Waals surface area contributed by atoms with Gasteiger partial charge in [-0.05, 0) is 42.9 Å². The zero-order chi connectivity index (χ0) is 19.4. The van der Waals surface area contributed by atoms with Crippen molar-refractivity contribution in [2.24, 2.45) is 0 Å². The Morgan fingerprint density at radius 2 is 1.42 bits per heavy atom. The number of rotatable bonds is 14. The lowest BCUT2D eigenvalue weighted by molar-refractivity contribution is -0.137. The van der Waals surface area contributed by atoms with Gasteiger partial charge in [-0.2, -0.15) is 8.42 Å². The first-order valence-electron chi connectivity index (χ1n) is 9.63. The van der Waals surface area contributed by atoms with E-state index in [-0.39, 0.29) is 11.3 Å². The van der Waals surface area contributed by atoms with Gasteiger partial charge in [0.2, 0.25) is 0 Å². The van der Waals surface area contributed by atoms with Crippen LogP contribution in [0, 0.1) is 0 Å². The summed E-state index contributed by atoms with van der Waals surface area (Å²) in [6.07, 6.45) is 11.2. The number of benzene rings is 1. The lowest BCUT2D eigenvalue weighted by Gasteiger charge is -2.15. The van der Waals surface area contributed by atoms with E-state index in [0.29, 0.717) is 5.92 Å². The van der Waals surface area contributed by atoms with Crippen molar-refractivity contribution in [3.63, 3.8) is 0 Å². The van der Waals surface area contributed by atoms with Crippen molar-refractivity contribution < 1.29 is 22.9 Å². The third-order valence-corrected chi connectivity index (χ3v) is 5.70. The Hall–Kier alpha value is -1.40. The van der Waals surface area contributed by atoms with E-state index in [2.05, 4.69) is 6.92 Å². The first kappa shape index (κ1) is 22.6. The third-order valence-electron chi connectivity index (χ3n) is 4.84. The highest BCUT2D eigenvalue weighted by Gasteiger charge is 2.12. The molecule has 0 radical (unpaired) electrons. The summed E-state index contributed by atoms with van der Waals surface area (Å²) >= 11 is 0. The highest BCUT2D eigenvalue weighted by atomic mass is 32.2. The van der Waals surface area contributed by atoms with Crippen LogP contribution in [0.1, 0.15) is 89.0 Å². The molecule has 0 amide bonds. The summed E-state index contributed by atoms with van der Waals surface area (Å²) in [5.41, 5.74) is 1.12. The van der Waals surface area contributed by atoms with E-state index >= 15 is 0 Å². The lowest BCUT2D eigenvalue weighted by atomic mass is 9.91. The van der Waals surface area contributed by atoms with Crippen molar-refractivity contribution in [2.75, 3.05) is 0 Å². The minimum absolute atomic E-state index is 0.0561. The van der Waals surface area contributed by atoms with Gasteiger partial charge >= 0.3 is 5.97 Å². The molecule has 0 aliphatic carbocycles. The second kappa shape index (κ2) is 12.1. The molecule has 0 fully saturated rings.